The number of nitrogens with zero attached hydrogens (tertiary/aromatic N) is 2. The Balaban J connectivity index is 1.78. The van der Waals surface area contributed by atoms with Gasteiger partial charge >= 0.3 is 0 Å². The molecule has 1 unspecified atom stereocenters. The minimum Gasteiger partial charge on any atom is -0.497 e. The molecule has 0 aliphatic carbocycles. The lowest BCUT2D eigenvalue weighted by molar-refractivity contribution is 0.414. The quantitative estimate of drug-likeness (QED) is 0.381. The molecule has 1 aliphatic heterocycles. The first kappa shape index (κ1) is 20.7. The molecule has 4 aromatic rings. The van der Waals surface area contributed by atoms with Crippen molar-refractivity contribution < 1.29 is 9.47 Å². The molecular formula is C29H24N2O2. The molecule has 0 bridgehead atoms. The number of hydrogen-bond acceptors (Lipinski definition) is 4. The maximum Gasteiger partial charge on any atom is 0.156 e. The van der Waals surface area contributed by atoms with E-state index in [0.717, 1.165) is 39.5 Å². The molecule has 0 spiro atoms. The highest BCUT2D eigenvalue weighted by Crippen LogP contribution is 2.42. The number of ether oxygens (including phenoxy) is 2. The zero-order valence-electron chi connectivity index (χ0n) is 18.6. The van der Waals surface area contributed by atoms with E-state index < -0.39 is 5.54 Å². The van der Waals surface area contributed by atoms with Crippen molar-refractivity contribution in [3.63, 3.8) is 0 Å². The van der Waals surface area contributed by atoms with Crippen LogP contribution in [0.1, 0.15) is 22.3 Å². The first-order chi connectivity index (χ1) is 16.2. The van der Waals surface area contributed by atoms with Crippen molar-refractivity contribution >= 4 is 11.5 Å². The van der Waals surface area contributed by atoms with Crippen LogP contribution in [0, 0.1) is 0 Å². The monoisotopic (exact) mass is 432 g/mol. The summed E-state index contributed by atoms with van der Waals surface area (Å²) in [5, 5.41) is 0. The standard InChI is InChI=1S/C29H24N2O2/c1-32-25-17-13-22(14-18-25)28-30-27(21-9-5-3-6-10-21)29(31-28,23-11-7-4-8-12-23)24-15-19-26(33-2)20-16-24/h3-20H,1-2H3. The summed E-state index contributed by atoms with van der Waals surface area (Å²) in [6.07, 6.45) is 0. The first-order valence-corrected chi connectivity index (χ1v) is 10.8. The van der Waals surface area contributed by atoms with E-state index >= 15 is 0 Å². The maximum atomic E-state index is 5.42. The van der Waals surface area contributed by atoms with E-state index in [1.807, 2.05) is 72.8 Å². The van der Waals surface area contributed by atoms with E-state index in [1.54, 1.807) is 14.2 Å². The van der Waals surface area contributed by atoms with Gasteiger partial charge < -0.3 is 9.47 Å². The molecule has 4 aromatic carbocycles. The molecule has 0 radical (unpaired) electrons. The molecule has 4 nitrogen and oxygen atoms in total. The summed E-state index contributed by atoms with van der Waals surface area (Å²) in [5.41, 5.74) is 4.16. The van der Waals surface area contributed by atoms with Gasteiger partial charge in [0.25, 0.3) is 0 Å². The summed E-state index contributed by atoms with van der Waals surface area (Å²) in [5.74, 6) is 2.29. The second-order valence-corrected chi connectivity index (χ2v) is 7.80. The van der Waals surface area contributed by atoms with Crippen LogP contribution >= 0.6 is 0 Å². The number of methoxy groups -OCH3 is 2. The lowest BCUT2D eigenvalue weighted by Gasteiger charge is -2.30. The van der Waals surface area contributed by atoms with Gasteiger partial charge in [0.05, 0.1) is 19.9 Å². The molecule has 33 heavy (non-hydrogen) atoms. The summed E-state index contributed by atoms with van der Waals surface area (Å²) in [7, 11) is 3.34. The molecule has 0 saturated heterocycles. The predicted molar refractivity (Wildman–Crippen MR) is 133 cm³/mol. The topological polar surface area (TPSA) is 43.2 Å². The zero-order chi connectivity index (χ0) is 22.7. The Kier molecular flexibility index (Phi) is 5.49. The van der Waals surface area contributed by atoms with Crippen LogP contribution in [0.5, 0.6) is 11.5 Å². The average molecular weight is 433 g/mol. The van der Waals surface area contributed by atoms with Crippen molar-refractivity contribution in [3.05, 3.63) is 131 Å². The highest BCUT2D eigenvalue weighted by atomic mass is 16.5. The first-order valence-electron chi connectivity index (χ1n) is 10.8. The maximum absolute atomic E-state index is 5.42. The van der Waals surface area contributed by atoms with Gasteiger partial charge in [0.1, 0.15) is 11.5 Å². The molecule has 0 fully saturated rings. The Morgan fingerprint density at radius 3 is 1.64 bits per heavy atom. The fourth-order valence-electron chi connectivity index (χ4n) is 4.24. The lowest BCUT2D eigenvalue weighted by Crippen LogP contribution is -2.33. The summed E-state index contributed by atoms with van der Waals surface area (Å²) < 4.78 is 10.8. The van der Waals surface area contributed by atoms with E-state index in [2.05, 4.69) is 36.4 Å². The molecule has 0 amide bonds. The molecule has 162 valence electrons. The van der Waals surface area contributed by atoms with Gasteiger partial charge in [-0.25, -0.2) is 9.98 Å². The second kappa shape index (κ2) is 8.75. The third-order valence-electron chi connectivity index (χ3n) is 5.93. The molecule has 4 heteroatoms. The van der Waals surface area contributed by atoms with E-state index in [4.69, 9.17) is 19.5 Å². The lowest BCUT2D eigenvalue weighted by atomic mass is 9.77. The largest absolute Gasteiger partial charge is 0.497 e. The van der Waals surface area contributed by atoms with Crippen LogP contribution in [0.25, 0.3) is 0 Å². The fraction of sp³-hybridized carbons (Fsp3) is 0.103. The molecule has 0 aromatic heterocycles. The van der Waals surface area contributed by atoms with Gasteiger partial charge in [0, 0.05) is 5.56 Å². The van der Waals surface area contributed by atoms with Crippen molar-refractivity contribution in [2.24, 2.45) is 9.98 Å². The Hall–Kier alpha value is -4.18. The van der Waals surface area contributed by atoms with Gasteiger partial charge in [-0.15, -0.1) is 0 Å². The number of benzene rings is 4. The van der Waals surface area contributed by atoms with Crippen LogP contribution in [0.2, 0.25) is 0 Å². The van der Waals surface area contributed by atoms with Crippen LogP contribution in [0.4, 0.5) is 0 Å². The van der Waals surface area contributed by atoms with Crippen LogP contribution in [-0.4, -0.2) is 25.8 Å². The van der Waals surface area contributed by atoms with Gasteiger partial charge in [-0.2, -0.15) is 0 Å². The fourth-order valence-corrected chi connectivity index (χ4v) is 4.24. The average Bonchev–Trinajstić information content (AvgIpc) is 3.32. The van der Waals surface area contributed by atoms with Crippen LogP contribution in [0.15, 0.2) is 119 Å². The molecule has 5 rings (SSSR count). The van der Waals surface area contributed by atoms with Gasteiger partial charge in [0.2, 0.25) is 0 Å². The molecule has 1 aliphatic rings. The SMILES string of the molecule is COc1ccc(C2=NC(c3ccccc3)(c3ccc(OC)cc3)C(c3ccccc3)=N2)cc1. The summed E-state index contributed by atoms with van der Waals surface area (Å²) in [4.78, 5) is 10.5. The number of hydrogen-bond donors (Lipinski definition) is 0. The van der Waals surface area contributed by atoms with Crippen LogP contribution in [0.3, 0.4) is 0 Å². The Labute approximate surface area is 193 Å². The highest BCUT2D eigenvalue weighted by Gasteiger charge is 2.44. The highest BCUT2D eigenvalue weighted by molar-refractivity contribution is 6.22. The Morgan fingerprint density at radius 2 is 1.06 bits per heavy atom. The van der Waals surface area contributed by atoms with Crippen molar-refractivity contribution in [2.75, 3.05) is 14.2 Å². The van der Waals surface area contributed by atoms with Crippen LogP contribution < -0.4 is 9.47 Å². The molecule has 1 atom stereocenters. The molecule has 0 N–H and O–H groups in total. The second-order valence-electron chi connectivity index (χ2n) is 7.80. The van der Waals surface area contributed by atoms with Crippen LogP contribution in [-0.2, 0) is 5.54 Å². The van der Waals surface area contributed by atoms with E-state index in [1.165, 1.54) is 0 Å². The Morgan fingerprint density at radius 1 is 0.545 bits per heavy atom. The molecular weight excluding hydrogens is 408 g/mol. The van der Waals surface area contributed by atoms with Gasteiger partial charge in [-0.1, -0.05) is 72.8 Å². The van der Waals surface area contributed by atoms with Gasteiger partial charge in [-0.3, -0.25) is 0 Å². The summed E-state index contributed by atoms with van der Waals surface area (Å²) >= 11 is 0. The van der Waals surface area contributed by atoms with E-state index in [0.29, 0.717) is 5.84 Å². The third-order valence-corrected chi connectivity index (χ3v) is 5.93. The van der Waals surface area contributed by atoms with Crippen molar-refractivity contribution in [3.8, 4) is 11.5 Å². The minimum absolute atomic E-state index is 0.691. The molecule has 1 heterocycles. The number of aliphatic imine (C=N–C) groups is 2. The third kappa shape index (κ3) is 3.70. The van der Waals surface area contributed by atoms with Gasteiger partial charge in [-0.05, 0) is 53.1 Å². The smallest absolute Gasteiger partial charge is 0.156 e. The number of rotatable bonds is 6. The molecule has 0 saturated carbocycles. The van der Waals surface area contributed by atoms with E-state index in [-0.39, 0.29) is 0 Å². The van der Waals surface area contributed by atoms with Gasteiger partial charge in [0.15, 0.2) is 11.4 Å². The zero-order valence-corrected chi connectivity index (χ0v) is 18.6. The summed E-state index contributed by atoms with van der Waals surface area (Å²) in [6, 6.07) is 36.6. The number of amidine groups is 1. The minimum atomic E-state index is -0.788. The van der Waals surface area contributed by atoms with Crippen molar-refractivity contribution in [1.82, 2.24) is 0 Å². The predicted octanol–water partition coefficient (Wildman–Crippen LogP) is 5.90. The van der Waals surface area contributed by atoms with E-state index in [9.17, 15) is 0 Å². The normalized spacial score (nSPS) is 17.3. The van der Waals surface area contributed by atoms with Crippen molar-refractivity contribution in [1.29, 1.82) is 0 Å². The Bertz CT molecular complexity index is 1300. The summed E-state index contributed by atoms with van der Waals surface area (Å²) in [6.45, 7) is 0. The van der Waals surface area contributed by atoms with Crippen molar-refractivity contribution in [2.45, 2.75) is 5.54 Å².